The molecule has 0 bridgehead atoms. The highest BCUT2D eigenvalue weighted by Gasteiger charge is 2.31. The van der Waals surface area contributed by atoms with Crippen LogP contribution in [-0.4, -0.2) is 27.8 Å². The second-order valence-electron chi connectivity index (χ2n) is 7.54. The zero-order chi connectivity index (χ0) is 23.5. The maximum atomic E-state index is 12.9. The van der Waals surface area contributed by atoms with E-state index in [1.165, 1.54) is 12.1 Å². The van der Waals surface area contributed by atoms with Gasteiger partial charge in [-0.05, 0) is 36.2 Å². The first-order valence-electron chi connectivity index (χ1n) is 9.83. The van der Waals surface area contributed by atoms with Crippen LogP contribution in [-0.2, 0) is 17.5 Å². The van der Waals surface area contributed by atoms with E-state index in [2.05, 4.69) is 20.6 Å². The van der Waals surface area contributed by atoms with Crippen molar-refractivity contribution in [1.29, 1.82) is 0 Å². The van der Waals surface area contributed by atoms with Crippen LogP contribution in [0, 0.1) is 5.92 Å². The molecule has 4 N–H and O–H groups in total. The van der Waals surface area contributed by atoms with Gasteiger partial charge in [0.2, 0.25) is 5.91 Å². The largest absolute Gasteiger partial charge is 0.416 e. The smallest absolute Gasteiger partial charge is 0.368 e. The molecule has 0 saturated carbocycles. The van der Waals surface area contributed by atoms with E-state index in [1.54, 1.807) is 24.3 Å². The van der Waals surface area contributed by atoms with Crippen LogP contribution in [0.4, 0.5) is 19.0 Å². The van der Waals surface area contributed by atoms with Gasteiger partial charge in [0.1, 0.15) is 11.9 Å². The van der Waals surface area contributed by atoms with Gasteiger partial charge in [0.25, 0.3) is 5.91 Å². The van der Waals surface area contributed by atoms with Gasteiger partial charge in [0.15, 0.2) is 5.82 Å². The van der Waals surface area contributed by atoms with Crippen LogP contribution in [0.2, 0.25) is 0 Å². The third-order valence-electron chi connectivity index (χ3n) is 4.77. The van der Waals surface area contributed by atoms with Crippen LogP contribution in [0.25, 0.3) is 10.9 Å². The molecule has 0 fully saturated rings. The predicted molar refractivity (Wildman–Crippen MR) is 114 cm³/mol. The lowest BCUT2D eigenvalue weighted by molar-refractivity contribution is -0.137. The fourth-order valence-corrected chi connectivity index (χ4v) is 3.13. The molecule has 1 heterocycles. The quantitative estimate of drug-likeness (QED) is 0.516. The SMILES string of the molecule is CC(C)C(Nc1nc(CNC(=O)c2cccc(C(F)(F)F)c2)nc2ccccc12)C(N)=O. The average molecular weight is 445 g/mol. The summed E-state index contributed by atoms with van der Waals surface area (Å²) in [5.74, 6) is -0.748. The van der Waals surface area contributed by atoms with Crippen molar-refractivity contribution >= 4 is 28.5 Å². The van der Waals surface area contributed by atoms with E-state index in [-0.39, 0.29) is 23.9 Å². The zero-order valence-corrected chi connectivity index (χ0v) is 17.4. The summed E-state index contributed by atoms with van der Waals surface area (Å²) < 4.78 is 38.7. The van der Waals surface area contributed by atoms with Crippen molar-refractivity contribution in [2.45, 2.75) is 32.6 Å². The standard InChI is InChI=1S/C22H22F3N5O2/c1-12(2)18(19(26)31)30-20-15-8-3-4-9-16(15)28-17(29-20)11-27-21(32)13-6-5-7-14(10-13)22(23,24)25/h3-10,12,18H,11H2,1-2H3,(H2,26,31)(H,27,32)(H,28,29,30). The van der Waals surface area contributed by atoms with Gasteiger partial charge in [-0.25, -0.2) is 9.97 Å². The van der Waals surface area contributed by atoms with Gasteiger partial charge in [0.05, 0.1) is 17.6 Å². The molecule has 0 aliphatic heterocycles. The fourth-order valence-electron chi connectivity index (χ4n) is 3.13. The number of amides is 2. The van der Waals surface area contributed by atoms with Crippen molar-refractivity contribution < 1.29 is 22.8 Å². The molecule has 0 spiro atoms. The number of nitrogens with one attached hydrogen (secondary N) is 2. The van der Waals surface area contributed by atoms with Gasteiger partial charge in [-0.2, -0.15) is 13.2 Å². The maximum Gasteiger partial charge on any atom is 0.416 e. The lowest BCUT2D eigenvalue weighted by Crippen LogP contribution is -2.40. The molecule has 3 rings (SSSR count). The lowest BCUT2D eigenvalue weighted by Gasteiger charge is -2.21. The van der Waals surface area contributed by atoms with Crippen molar-refractivity contribution in [1.82, 2.24) is 15.3 Å². The normalized spacial score (nSPS) is 12.6. The first kappa shape index (κ1) is 23.0. The monoisotopic (exact) mass is 445 g/mol. The van der Waals surface area contributed by atoms with Crippen molar-refractivity contribution in [3.05, 3.63) is 65.5 Å². The number of rotatable bonds is 7. The van der Waals surface area contributed by atoms with E-state index in [0.29, 0.717) is 16.7 Å². The minimum absolute atomic E-state index is 0.106. The minimum Gasteiger partial charge on any atom is -0.368 e. The predicted octanol–water partition coefficient (Wildman–Crippen LogP) is 3.50. The van der Waals surface area contributed by atoms with E-state index in [0.717, 1.165) is 12.1 Å². The summed E-state index contributed by atoms with van der Waals surface area (Å²) in [5, 5.41) is 6.23. The molecule has 0 aliphatic carbocycles. The number of carbonyl (C=O) groups is 2. The third-order valence-corrected chi connectivity index (χ3v) is 4.77. The van der Waals surface area contributed by atoms with Gasteiger partial charge >= 0.3 is 6.18 Å². The van der Waals surface area contributed by atoms with Crippen molar-refractivity contribution in [2.24, 2.45) is 11.7 Å². The molecule has 1 aromatic heterocycles. The number of hydrogen-bond donors (Lipinski definition) is 3. The molecule has 2 aromatic carbocycles. The number of para-hydroxylation sites is 1. The number of benzene rings is 2. The molecule has 0 radical (unpaired) electrons. The molecule has 1 unspecified atom stereocenters. The number of primary amides is 1. The summed E-state index contributed by atoms with van der Waals surface area (Å²) in [4.78, 5) is 33.0. The molecule has 0 aliphatic rings. The van der Waals surface area contributed by atoms with E-state index in [9.17, 15) is 22.8 Å². The van der Waals surface area contributed by atoms with Crippen molar-refractivity contribution in [3.63, 3.8) is 0 Å². The zero-order valence-electron chi connectivity index (χ0n) is 17.4. The molecule has 10 heteroatoms. The second-order valence-corrected chi connectivity index (χ2v) is 7.54. The molecule has 3 aromatic rings. The van der Waals surface area contributed by atoms with Gasteiger partial charge in [-0.1, -0.05) is 32.0 Å². The Morgan fingerprint density at radius 3 is 2.44 bits per heavy atom. The molecule has 7 nitrogen and oxygen atoms in total. The molecular weight excluding hydrogens is 423 g/mol. The summed E-state index contributed by atoms with van der Waals surface area (Å²) in [6.45, 7) is 3.54. The van der Waals surface area contributed by atoms with E-state index >= 15 is 0 Å². The summed E-state index contributed by atoms with van der Waals surface area (Å²) in [7, 11) is 0. The van der Waals surface area contributed by atoms with E-state index < -0.39 is 29.6 Å². The molecule has 1 atom stereocenters. The molecule has 32 heavy (non-hydrogen) atoms. The number of carbonyl (C=O) groups excluding carboxylic acids is 2. The van der Waals surface area contributed by atoms with Gasteiger partial charge in [-0.15, -0.1) is 0 Å². The highest BCUT2D eigenvalue weighted by Crippen LogP contribution is 2.29. The molecule has 2 amide bonds. The van der Waals surface area contributed by atoms with Crippen LogP contribution in [0.3, 0.4) is 0 Å². The summed E-state index contributed by atoms with van der Waals surface area (Å²) in [6, 6.07) is 10.5. The first-order chi connectivity index (χ1) is 15.1. The highest BCUT2D eigenvalue weighted by atomic mass is 19.4. The Morgan fingerprint density at radius 1 is 1.06 bits per heavy atom. The first-order valence-corrected chi connectivity index (χ1v) is 9.83. The topological polar surface area (TPSA) is 110 Å². The van der Waals surface area contributed by atoms with Crippen LogP contribution in [0.5, 0.6) is 0 Å². The maximum absolute atomic E-state index is 12.9. The van der Waals surface area contributed by atoms with Gasteiger partial charge in [0, 0.05) is 10.9 Å². The van der Waals surface area contributed by atoms with Crippen LogP contribution in [0.1, 0.15) is 35.6 Å². The number of anilines is 1. The number of aromatic nitrogens is 2. The molecule has 0 saturated heterocycles. The number of nitrogens with zero attached hydrogens (tertiary/aromatic N) is 2. The Labute approximate surface area is 182 Å². The van der Waals surface area contributed by atoms with E-state index in [4.69, 9.17) is 5.73 Å². The fraction of sp³-hybridized carbons (Fsp3) is 0.273. The number of fused-ring (bicyclic) bond motifs is 1. The van der Waals surface area contributed by atoms with Gasteiger partial charge < -0.3 is 16.4 Å². The summed E-state index contributed by atoms with van der Waals surface area (Å²) in [6.07, 6.45) is -4.55. The molecule has 168 valence electrons. The minimum atomic E-state index is -4.55. The Hall–Kier alpha value is -3.69. The van der Waals surface area contributed by atoms with Gasteiger partial charge in [-0.3, -0.25) is 9.59 Å². The Balaban J connectivity index is 1.85. The summed E-state index contributed by atoms with van der Waals surface area (Å²) in [5.41, 5.74) is 5.02. The van der Waals surface area contributed by atoms with Crippen molar-refractivity contribution in [3.8, 4) is 0 Å². The lowest BCUT2D eigenvalue weighted by atomic mass is 10.0. The van der Waals surface area contributed by atoms with Crippen LogP contribution < -0.4 is 16.4 Å². The Bertz CT molecular complexity index is 1150. The summed E-state index contributed by atoms with van der Waals surface area (Å²) >= 11 is 0. The highest BCUT2D eigenvalue weighted by molar-refractivity contribution is 5.94. The number of nitrogens with two attached hydrogens (primary N) is 1. The van der Waals surface area contributed by atoms with Crippen molar-refractivity contribution in [2.75, 3.05) is 5.32 Å². The Kier molecular flexibility index (Phi) is 6.61. The van der Waals surface area contributed by atoms with Crippen LogP contribution >= 0.6 is 0 Å². The second kappa shape index (κ2) is 9.21. The van der Waals surface area contributed by atoms with E-state index in [1.807, 2.05) is 13.8 Å². The molecular formula is C22H22F3N5O2. The number of halogens is 3. The number of hydrogen-bond acceptors (Lipinski definition) is 5. The Morgan fingerprint density at radius 2 is 1.78 bits per heavy atom. The van der Waals surface area contributed by atoms with Crippen LogP contribution in [0.15, 0.2) is 48.5 Å². The third kappa shape index (κ3) is 5.32. The average Bonchev–Trinajstić information content (AvgIpc) is 2.74. The number of alkyl halides is 3.